The van der Waals surface area contributed by atoms with Gasteiger partial charge in [-0.3, -0.25) is 0 Å². The van der Waals surface area contributed by atoms with Gasteiger partial charge in [0.2, 0.25) is 0 Å². The summed E-state index contributed by atoms with van der Waals surface area (Å²) >= 11 is 31.6. The summed E-state index contributed by atoms with van der Waals surface area (Å²) in [6, 6.07) is 0. The molecule has 6 heterocycles. The molecular formula is C30H48As2N6S12. The van der Waals surface area contributed by atoms with Crippen molar-refractivity contribution >= 4 is 182 Å². The van der Waals surface area contributed by atoms with Crippen LogP contribution < -0.4 is 0 Å². The molecule has 0 aromatic carbocycles. The van der Waals surface area contributed by atoms with Crippen LogP contribution in [-0.4, -0.2) is 156 Å². The van der Waals surface area contributed by atoms with Gasteiger partial charge in [-0.15, -0.1) is 0 Å². The van der Waals surface area contributed by atoms with Crippen molar-refractivity contribution in [3.63, 3.8) is 0 Å². The average molecular weight is 1030 g/mol. The second-order valence-electron chi connectivity index (χ2n) is 12.8. The zero-order valence-electron chi connectivity index (χ0n) is 28.4. The van der Waals surface area contributed by atoms with Crippen LogP contribution in [0.1, 0.15) is 77.0 Å². The molecular weight excluding hydrogens is 979 g/mol. The van der Waals surface area contributed by atoms with Crippen LogP contribution in [0, 0.1) is 0 Å². The molecule has 6 saturated heterocycles. The van der Waals surface area contributed by atoms with Gasteiger partial charge in [0, 0.05) is 0 Å². The third-order valence-corrected chi connectivity index (χ3v) is 46.5. The predicted octanol–water partition coefficient (Wildman–Crippen LogP) is 8.63. The Balaban J connectivity index is 0.000000194. The van der Waals surface area contributed by atoms with Crippen LogP contribution in [0.2, 0.25) is 0 Å². The summed E-state index contributed by atoms with van der Waals surface area (Å²) in [5.41, 5.74) is 0. The van der Waals surface area contributed by atoms with E-state index in [0.717, 1.165) is 104 Å². The van der Waals surface area contributed by atoms with E-state index in [4.69, 9.17) is 73.3 Å². The zero-order valence-corrected chi connectivity index (χ0v) is 42.0. The Bertz CT molecular complexity index is 950. The molecule has 0 saturated carbocycles. The van der Waals surface area contributed by atoms with E-state index in [1.165, 1.54) is 77.0 Å². The van der Waals surface area contributed by atoms with Gasteiger partial charge in [0.1, 0.15) is 0 Å². The van der Waals surface area contributed by atoms with Crippen LogP contribution >= 0.6 is 133 Å². The van der Waals surface area contributed by atoms with Gasteiger partial charge in [-0.05, 0) is 0 Å². The molecule has 0 radical (unpaired) electrons. The molecule has 6 nitrogen and oxygen atoms in total. The van der Waals surface area contributed by atoms with Gasteiger partial charge < -0.3 is 0 Å². The van der Waals surface area contributed by atoms with Crippen LogP contribution in [-0.2, 0) is 0 Å². The van der Waals surface area contributed by atoms with E-state index in [0.29, 0.717) is 0 Å². The van der Waals surface area contributed by atoms with Crippen molar-refractivity contribution in [2.24, 2.45) is 0 Å². The summed E-state index contributed by atoms with van der Waals surface area (Å²) < 4.78 is 6.45. The molecule has 6 rings (SSSR count). The first kappa shape index (κ1) is 43.7. The van der Waals surface area contributed by atoms with Crippen LogP contribution in [0.4, 0.5) is 0 Å². The van der Waals surface area contributed by atoms with Gasteiger partial charge in [-0.1, -0.05) is 0 Å². The van der Waals surface area contributed by atoms with Gasteiger partial charge in [0.25, 0.3) is 0 Å². The quantitative estimate of drug-likeness (QED) is 0.187. The second kappa shape index (κ2) is 23.7. The predicted molar refractivity (Wildman–Crippen MR) is 257 cm³/mol. The Hall–Kier alpha value is 2.56. The fraction of sp³-hybridized carbons (Fsp3) is 0.800. The molecule has 280 valence electrons. The Morgan fingerprint density at radius 3 is 0.500 bits per heavy atom. The second-order valence-corrected chi connectivity index (χ2v) is 47.4. The fourth-order valence-electron chi connectivity index (χ4n) is 6.24. The molecule has 6 fully saturated rings. The molecule has 0 atom stereocenters. The van der Waals surface area contributed by atoms with E-state index in [9.17, 15) is 0 Å². The van der Waals surface area contributed by atoms with Crippen molar-refractivity contribution in [2.45, 2.75) is 77.0 Å². The van der Waals surface area contributed by atoms with Gasteiger partial charge >= 0.3 is 367 Å². The van der Waals surface area contributed by atoms with Gasteiger partial charge in [-0.25, -0.2) is 0 Å². The molecule has 0 aromatic rings. The summed E-state index contributed by atoms with van der Waals surface area (Å²) in [4.78, 5) is 14.3. The standard InChI is InChI=1S/2C15H24AsN3S6/c2*20-13(17-7-1-2-8-17)23-16(24-14(21)18-9-3-4-10-18)25-15(22)19-11-5-6-12-19/h2*1-12H2. The topological polar surface area (TPSA) is 19.4 Å². The number of thiocarbonyl (C=S) groups is 6. The molecule has 0 aliphatic carbocycles. The Morgan fingerprint density at radius 1 is 0.260 bits per heavy atom. The SMILES string of the molecule is S=C(S[As](SC(=S)N1CCCC1)SC(=S)N1CCCC1)N1CCCC1.S=C(S[As](SC(=S)N1CCCC1)SC(=S)N1CCCC1)N1CCCC1. The summed E-state index contributed by atoms with van der Waals surface area (Å²) in [5, 5.41) is 0. The minimum absolute atomic E-state index is 1.07. The summed E-state index contributed by atoms with van der Waals surface area (Å²) in [5.74, 6) is 0. The third kappa shape index (κ3) is 14.5. The average Bonchev–Trinajstić information content (AvgIpc) is 3.96. The molecule has 6 aliphatic rings. The van der Waals surface area contributed by atoms with Gasteiger partial charge in [0.05, 0.1) is 0 Å². The molecule has 0 amide bonds. The molecule has 6 aliphatic heterocycles. The van der Waals surface area contributed by atoms with Crippen molar-refractivity contribution < 1.29 is 0 Å². The van der Waals surface area contributed by atoms with Crippen molar-refractivity contribution in [1.82, 2.24) is 29.4 Å². The number of nitrogens with zero attached hydrogens (tertiary/aromatic N) is 6. The van der Waals surface area contributed by atoms with Crippen molar-refractivity contribution in [2.75, 3.05) is 78.5 Å². The summed E-state index contributed by atoms with van der Waals surface area (Å²) in [6.07, 6.45) is 15.2. The van der Waals surface area contributed by atoms with Crippen LogP contribution in [0.5, 0.6) is 0 Å². The van der Waals surface area contributed by atoms with Crippen molar-refractivity contribution in [3.8, 4) is 0 Å². The molecule has 0 N–H and O–H groups in total. The first-order valence-corrected chi connectivity index (χ1v) is 38.6. The fourth-order valence-corrected chi connectivity index (χ4v) is 53.2. The maximum absolute atomic E-state index is 5.75. The minimum atomic E-state index is -1.45. The molecule has 0 aromatic heterocycles. The normalized spacial score (nSPS) is 20.8. The van der Waals surface area contributed by atoms with Crippen LogP contribution in [0.25, 0.3) is 0 Å². The maximum atomic E-state index is 5.75. The Kier molecular flexibility index (Phi) is 20.7. The van der Waals surface area contributed by atoms with Crippen LogP contribution in [0.3, 0.4) is 0 Å². The van der Waals surface area contributed by atoms with Crippen molar-refractivity contribution in [3.05, 3.63) is 0 Å². The molecule has 50 heavy (non-hydrogen) atoms. The van der Waals surface area contributed by atoms with Gasteiger partial charge in [-0.2, -0.15) is 0 Å². The monoisotopic (exact) mass is 1030 g/mol. The van der Waals surface area contributed by atoms with E-state index in [2.05, 4.69) is 29.4 Å². The first-order chi connectivity index (χ1) is 24.3. The molecule has 0 unspecified atom stereocenters. The molecule has 20 heteroatoms. The third-order valence-electron chi connectivity index (χ3n) is 9.10. The Morgan fingerprint density at radius 2 is 0.380 bits per heavy atom. The summed E-state index contributed by atoms with van der Waals surface area (Å²) in [7, 11) is 11.5. The number of likely N-dealkylation sites (tertiary alicyclic amines) is 6. The van der Waals surface area contributed by atoms with E-state index in [1.54, 1.807) is 0 Å². The van der Waals surface area contributed by atoms with E-state index in [1.807, 2.05) is 60.1 Å². The zero-order chi connectivity index (χ0) is 35.3. The van der Waals surface area contributed by atoms with Crippen LogP contribution in [0.15, 0.2) is 0 Å². The van der Waals surface area contributed by atoms with E-state index >= 15 is 0 Å². The Labute approximate surface area is 362 Å². The van der Waals surface area contributed by atoms with E-state index < -0.39 is 22.4 Å². The number of hydrogen-bond donors (Lipinski definition) is 0. The van der Waals surface area contributed by atoms with Gasteiger partial charge in [0.15, 0.2) is 0 Å². The van der Waals surface area contributed by atoms with Crippen molar-refractivity contribution in [1.29, 1.82) is 0 Å². The summed E-state index contributed by atoms with van der Waals surface area (Å²) in [6.45, 7) is 13.5. The molecule has 0 spiro atoms. The number of rotatable bonds is 6. The van der Waals surface area contributed by atoms with E-state index in [-0.39, 0.29) is 0 Å². The first-order valence-electron chi connectivity index (χ1n) is 17.7. The number of hydrogen-bond acceptors (Lipinski definition) is 12. The molecule has 0 bridgehead atoms.